The summed E-state index contributed by atoms with van der Waals surface area (Å²) in [6, 6.07) is 2.52. The first-order valence-electron chi connectivity index (χ1n) is 8.71. The third kappa shape index (κ3) is 4.68. The molecule has 2 saturated heterocycles. The molecule has 3 heterocycles. The van der Waals surface area contributed by atoms with Gasteiger partial charge in [-0.25, -0.2) is 4.79 Å². The van der Waals surface area contributed by atoms with E-state index < -0.39 is 0 Å². The van der Waals surface area contributed by atoms with Crippen LogP contribution in [0.25, 0.3) is 0 Å². The van der Waals surface area contributed by atoms with Gasteiger partial charge in [0, 0.05) is 26.2 Å². The van der Waals surface area contributed by atoms with Crippen LogP contribution in [0.2, 0.25) is 0 Å². The predicted molar refractivity (Wildman–Crippen MR) is 92.9 cm³/mol. The molecule has 2 amide bonds. The molecule has 0 radical (unpaired) electrons. The lowest BCUT2D eigenvalue weighted by Gasteiger charge is -2.26. The van der Waals surface area contributed by atoms with Crippen molar-refractivity contribution in [3.63, 3.8) is 0 Å². The lowest BCUT2D eigenvalue weighted by atomic mass is 10.1. The predicted octanol–water partition coefficient (Wildman–Crippen LogP) is 2.71. The van der Waals surface area contributed by atoms with Gasteiger partial charge in [-0.05, 0) is 54.6 Å². The van der Waals surface area contributed by atoms with Gasteiger partial charge in [0.1, 0.15) is 0 Å². The van der Waals surface area contributed by atoms with E-state index in [9.17, 15) is 4.79 Å². The highest BCUT2D eigenvalue weighted by molar-refractivity contribution is 7.07. The molecular weight excluding hydrogens is 310 g/mol. The summed E-state index contributed by atoms with van der Waals surface area (Å²) in [6.07, 6.45) is 4.36. The summed E-state index contributed by atoms with van der Waals surface area (Å²) < 4.78 is 5.35. The van der Waals surface area contributed by atoms with E-state index >= 15 is 0 Å². The average Bonchev–Trinajstić information content (AvgIpc) is 3.26. The second-order valence-corrected chi connectivity index (χ2v) is 7.08. The monoisotopic (exact) mass is 337 g/mol. The molecule has 6 heteroatoms. The number of rotatable bonds is 6. The van der Waals surface area contributed by atoms with Gasteiger partial charge in [-0.15, -0.1) is 0 Å². The molecule has 1 aromatic heterocycles. The maximum absolute atomic E-state index is 12.4. The molecule has 3 rings (SSSR count). The molecule has 2 fully saturated rings. The summed E-state index contributed by atoms with van der Waals surface area (Å²) in [6.45, 7) is 6.56. The van der Waals surface area contributed by atoms with Crippen molar-refractivity contribution in [3.8, 4) is 0 Å². The molecule has 2 aliphatic rings. The topological polar surface area (TPSA) is 44.8 Å². The van der Waals surface area contributed by atoms with E-state index in [-0.39, 0.29) is 12.1 Å². The zero-order valence-corrected chi connectivity index (χ0v) is 14.5. The number of ether oxygens (including phenoxy) is 1. The van der Waals surface area contributed by atoms with Crippen molar-refractivity contribution in [2.75, 3.05) is 45.9 Å². The smallest absolute Gasteiger partial charge is 0.317 e. The summed E-state index contributed by atoms with van der Waals surface area (Å²) in [5.74, 6) is 0. The molecule has 1 atom stereocenters. The van der Waals surface area contributed by atoms with E-state index in [2.05, 4.69) is 27.0 Å². The van der Waals surface area contributed by atoms with Crippen LogP contribution in [0.3, 0.4) is 0 Å². The van der Waals surface area contributed by atoms with Crippen LogP contribution in [-0.2, 0) is 4.74 Å². The third-order valence-electron chi connectivity index (χ3n) is 4.72. The van der Waals surface area contributed by atoms with Gasteiger partial charge in [0.05, 0.1) is 19.3 Å². The van der Waals surface area contributed by atoms with E-state index in [1.807, 2.05) is 4.90 Å². The van der Waals surface area contributed by atoms with Crippen LogP contribution in [0.1, 0.15) is 37.3 Å². The number of morpholine rings is 1. The molecule has 23 heavy (non-hydrogen) atoms. The van der Waals surface area contributed by atoms with Crippen molar-refractivity contribution >= 4 is 17.4 Å². The van der Waals surface area contributed by atoms with Gasteiger partial charge in [-0.3, -0.25) is 4.90 Å². The minimum atomic E-state index is 0.102. The molecule has 0 unspecified atom stereocenters. The number of hydrogen-bond donors (Lipinski definition) is 1. The molecule has 0 bridgehead atoms. The molecule has 5 nitrogen and oxygen atoms in total. The van der Waals surface area contributed by atoms with Gasteiger partial charge < -0.3 is 15.0 Å². The van der Waals surface area contributed by atoms with E-state index in [1.54, 1.807) is 11.3 Å². The number of likely N-dealkylation sites (tertiary alicyclic amines) is 1. The second-order valence-electron chi connectivity index (χ2n) is 6.30. The first kappa shape index (κ1) is 16.7. The quantitative estimate of drug-likeness (QED) is 0.812. The summed E-state index contributed by atoms with van der Waals surface area (Å²) in [5, 5.41) is 7.36. The van der Waals surface area contributed by atoms with Crippen molar-refractivity contribution in [1.29, 1.82) is 0 Å². The van der Waals surface area contributed by atoms with Crippen LogP contribution < -0.4 is 5.32 Å². The minimum absolute atomic E-state index is 0.102. The zero-order valence-electron chi connectivity index (χ0n) is 13.7. The maximum Gasteiger partial charge on any atom is 0.317 e. The lowest BCUT2D eigenvalue weighted by molar-refractivity contribution is 0.0372. The van der Waals surface area contributed by atoms with Crippen molar-refractivity contribution in [1.82, 2.24) is 15.1 Å². The molecule has 2 aliphatic heterocycles. The fraction of sp³-hybridized carbons (Fsp3) is 0.706. The Morgan fingerprint density at radius 3 is 2.96 bits per heavy atom. The largest absolute Gasteiger partial charge is 0.379 e. The standard InChI is InChI=1S/C17H27N3O2S/c21-17(18-6-1-2-7-19-9-11-22-12-10-19)20-8-3-4-16(20)15-5-13-23-14-15/h5,13-14,16H,1-4,6-12H2,(H,18,21)/t16-/m1/s1. The molecule has 0 spiro atoms. The van der Waals surface area contributed by atoms with E-state index in [0.717, 1.165) is 71.6 Å². The van der Waals surface area contributed by atoms with E-state index in [0.29, 0.717) is 0 Å². The highest BCUT2D eigenvalue weighted by atomic mass is 32.1. The third-order valence-corrected chi connectivity index (χ3v) is 5.42. The van der Waals surface area contributed by atoms with Gasteiger partial charge in [0.2, 0.25) is 0 Å². The number of amides is 2. The molecule has 128 valence electrons. The molecule has 0 saturated carbocycles. The number of nitrogens with one attached hydrogen (secondary N) is 1. The SMILES string of the molecule is O=C(NCCCCN1CCOCC1)N1CCC[C@@H]1c1ccsc1. The Labute approximate surface area is 142 Å². The normalized spacial score (nSPS) is 22.4. The first-order valence-corrected chi connectivity index (χ1v) is 9.65. The minimum Gasteiger partial charge on any atom is -0.379 e. The Morgan fingerprint density at radius 2 is 2.17 bits per heavy atom. The summed E-state index contributed by atoms with van der Waals surface area (Å²) in [5.41, 5.74) is 1.29. The van der Waals surface area contributed by atoms with Crippen molar-refractivity contribution in [2.24, 2.45) is 0 Å². The number of carbonyl (C=O) groups excluding carboxylic acids is 1. The number of nitrogens with zero attached hydrogens (tertiary/aromatic N) is 2. The van der Waals surface area contributed by atoms with Crippen LogP contribution >= 0.6 is 11.3 Å². The summed E-state index contributed by atoms with van der Waals surface area (Å²) in [4.78, 5) is 16.9. The maximum atomic E-state index is 12.4. The first-order chi connectivity index (χ1) is 11.3. The number of urea groups is 1. The lowest BCUT2D eigenvalue weighted by Crippen LogP contribution is -2.40. The van der Waals surface area contributed by atoms with Crippen molar-refractivity contribution < 1.29 is 9.53 Å². The zero-order chi connectivity index (χ0) is 15.9. The summed E-state index contributed by atoms with van der Waals surface area (Å²) >= 11 is 1.71. The van der Waals surface area contributed by atoms with Crippen molar-refractivity contribution in [2.45, 2.75) is 31.7 Å². The van der Waals surface area contributed by atoms with Gasteiger partial charge in [-0.2, -0.15) is 11.3 Å². The van der Waals surface area contributed by atoms with Crippen LogP contribution in [-0.4, -0.2) is 61.8 Å². The fourth-order valence-electron chi connectivity index (χ4n) is 3.40. The van der Waals surface area contributed by atoms with Crippen LogP contribution in [0, 0.1) is 0 Å². The molecular formula is C17H27N3O2S. The Hall–Kier alpha value is -1.11. The average molecular weight is 337 g/mol. The number of thiophene rings is 1. The number of hydrogen-bond acceptors (Lipinski definition) is 4. The van der Waals surface area contributed by atoms with Gasteiger partial charge >= 0.3 is 6.03 Å². The van der Waals surface area contributed by atoms with Crippen LogP contribution in [0.4, 0.5) is 4.79 Å². The van der Waals surface area contributed by atoms with Crippen molar-refractivity contribution in [3.05, 3.63) is 22.4 Å². The van der Waals surface area contributed by atoms with Crippen LogP contribution in [0.15, 0.2) is 16.8 Å². The van der Waals surface area contributed by atoms with Gasteiger partial charge in [-0.1, -0.05) is 0 Å². The van der Waals surface area contributed by atoms with Gasteiger partial charge in [0.15, 0.2) is 0 Å². The molecule has 1 N–H and O–H groups in total. The number of carbonyl (C=O) groups is 1. The Balaban J connectivity index is 1.34. The van der Waals surface area contributed by atoms with E-state index in [1.165, 1.54) is 5.56 Å². The number of unbranched alkanes of at least 4 members (excludes halogenated alkanes) is 1. The Kier molecular flexibility index (Phi) is 6.30. The molecule has 0 aromatic carbocycles. The Bertz CT molecular complexity index is 474. The van der Waals surface area contributed by atoms with Gasteiger partial charge in [0.25, 0.3) is 0 Å². The molecule has 1 aromatic rings. The van der Waals surface area contributed by atoms with E-state index in [4.69, 9.17) is 4.74 Å². The fourth-order valence-corrected chi connectivity index (χ4v) is 4.11. The Morgan fingerprint density at radius 1 is 1.30 bits per heavy atom. The highest BCUT2D eigenvalue weighted by Crippen LogP contribution is 2.32. The summed E-state index contributed by atoms with van der Waals surface area (Å²) in [7, 11) is 0. The molecule has 0 aliphatic carbocycles. The highest BCUT2D eigenvalue weighted by Gasteiger charge is 2.29. The second kappa shape index (κ2) is 8.66. The van der Waals surface area contributed by atoms with Crippen LogP contribution in [0.5, 0.6) is 0 Å².